The third-order valence-corrected chi connectivity index (χ3v) is 8.70. The van der Waals surface area contributed by atoms with E-state index in [0.717, 1.165) is 31.1 Å². The number of aliphatic carboxylic acids is 2. The van der Waals surface area contributed by atoms with Crippen LogP contribution >= 0.6 is 11.3 Å². The summed E-state index contributed by atoms with van der Waals surface area (Å²) in [7, 11) is 0. The van der Waals surface area contributed by atoms with Crippen LogP contribution < -0.4 is 14.8 Å². The number of carbonyl (C=O) groups is 3. The van der Waals surface area contributed by atoms with Crippen LogP contribution in [-0.4, -0.2) is 77.6 Å². The summed E-state index contributed by atoms with van der Waals surface area (Å²) >= 11 is 1.83. The van der Waals surface area contributed by atoms with E-state index in [1.807, 2.05) is 51.2 Å². The molecule has 0 saturated carbocycles. The van der Waals surface area contributed by atoms with Crippen molar-refractivity contribution in [3.05, 3.63) is 83.9 Å². The van der Waals surface area contributed by atoms with Gasteiger partial charge in [-0.1, -0.05) is 30.3 Å². The Morgan fingerprint density at radius 2 is 1.48 bits per heavy atom. The molecule has 2 heterocycles. The number of fused-ring (bicyclic) bond motifs is 1. The molecule has 1 aliphatic rings. The summed E-state index contributed by atoms with van der Waals surface area (Å²) in [6.07, 6.45) is 3.02. The smallest absolute Gasteiger partial charge is 0.414 e. The van der Waals surface area contributed by atoms with Gasteiger partial charge in [-0.3, -0.25) is 4.90 Å². The zero-order valence-corrected chi connectivity index (χ0v) is 28.7. The van der Waals surface area contributed by atoms with E-state index in [2.05, 4.69) is 70.9 Å². The lowest BCUT2D eigenvalue weighted by Gasteiger charge is -2.22. The van der Waals surface area contributed by atoms with Gasteiger partial charge in [0.05, 0.1) is 6.04 Å². The molecule has 0 unspecified atom stereocenters. The predicted molar refractivity (Wildman–Crippen MR) is 187 cm³/mol. The van der Waals surface area contributed by atoms with Gasteiger partial charge in [0, 0.05) is 16.1 Å². The Kier molecular flexibility index (Phi) is 12.8. The third kappa shape index (κ3) is 11.3. The van der Waals surface area contributed by atoms with Crippen LogP contribution in [-0.2, 0) is 20.7 Å². The van der Waals surface area contributed by atoms with Crippen molar-refractivity contribution in [2.24, 2.45) is 0 Å². The minimum Gasteiger partial charge on any atom is -0.492 e. The van der Waals surface area contributed by atoms with Crippen LogP contribution in [0.5, 0.6) is 11.5 Å². The molecule has 1 saturated heterocycles. The predicted octanol–water partition coefficient (Wildman–Crippen LogP) is 7.08. The summed E-state index contributed by atoms with van der Waals surface area (Å²) in [4.78, 5) is 34.0. The molecule has 1 aliphatic heterocycles. The number of nitrogens with zero attached hydrogens (tertiary/aromatic N) is 1. The lowest BCUT2D eigenvalue weighted by atomic mass is 9.99. The fraction of sp³-hybridized carbons (Fsp3) is 0.378. The number of rotatable bonds is 11. The van der Waals surface area contributed by atoms with E-state index in [0.29, 0.717) is 6.61 Å². The van der Waals surface area contributed by atoms with Crippen molar-refractivity contribution in [2.75, 3.05) is 32.8 Å². The highest BCUT2D eigenvalue weighted by atomic mass is 32.1. The minimum atomic E-state index is -1.82. The second kappa shape index (κ2) is 17.0. The van der Waals surface area contributed by atoms with Crippen LogP contribution in [0.4, 0.5) is 4.79 Å². The van der Waals surface area contributed by atoms with Crippen LogP contribution in [0.1, 0.15) is 51.7 Å². The van der Waals surface area contributed by atoms with Crippen LogP contribution in [0.15, 0.2) is 72.8 Å². The first kappa shape index (κ1) is 36.2. The molecular formula is C37H44N2O8S. The molecule has 0 bridgehead atoms. The quantitative estimate of drug-likeness (QED) is 0.143. The maximum Gasteiger partial charge on any atom is 0.414 e. The molecule has 11 heteroatoms. The van der Waals surface area contributed by atoms with Crippen LogP contribution in [0.2, 0.25) is 0 Å². The van der Waals surface area contributed by atoms with Crippen molar-refractivity contribution in [2.45, 2.75) is 58.6 Å². The number of alkyl carbamates (subject to hydrolysis) is 1. The summed E-state index contributed by atoms with van der Waals surface area (Å²) in [6.45, 7) is 11.9. The number of carboxylic acids is 2. The highest BCUT2D eigenvalue weighted by molar-refractivity contribution is 7.22. The molecule has 0 spiro atoms. The lowest BCUT2D eigenvalue weighted by Crippen LogP contribution is -2.40. The van der Waals surface area contributed by atoms with E-state index in [4.69, 9.17) is 34.0 Å². The molecule has 1 atom stereocenters. The molecule has 0 radical (unpaired) electrons. The largest absolute Gasteiger partial charge is 0.492 e. The zero-order chi connectivity index (χ0) is 34.7. The van der Waals surface area contributed by atoms with Crippen LogP contribution in [0.25, 0.3) is 20.5 Å². The topological polar surface area (TPSA) is 135 Å². The van der Waals surface area contributed by atoms with Crippen LogP contribution in [0.3, 0.4) is 0 Å². The molecular weight excluding hydrogens is 632 g/mol. The van der Waals surface area contributed by atoms with E-state index >= 15 is 0 Å². The number of carbonyl (C=O) groups excluding carboxylic acids is 1. The molecule has 0 aliphatic carbocycles. The van der Waals surface area contributed by atoms with Crippen molar-refractivity contribution in [3.8, 4) is 21.9 Å². The highest BCUT2D eigenvalue weighted by Gasteiger charge is 2.18. The van der Waals surface area contributed by atoms with Gasteiger partial charge in [0.25, 0.3) is 0 Å². The second-order valence-electron chi connectivity index (χ2n) is 12.6. The molecule has 48 heavy (non-hydrogen) atoms. The van der Waals surface area contributed by atoms with Gasteiger partial charge in [-0.2, -0.15) is 0 Å². The Balaban J connectivity index is 0.000000794. The van der Waals surface area contributed by atoms with E-state index in [1.54, 1.807) is 0 Å². The lowest BCUT2D eigenvalue weighted by molar-refractivity contribution is -0.159. The van der Waals surface area contributed by atoms with Gasteiger partial charge < -0.3 is 29.7 Å². The molecule has 1 fully saturated rings. The van der Waals surface area contributed by atoms with Crippen molar-refractivity contribution in [3.63, 3.8) is 0 Å². The van der Waals surface area contributed by atoms with Gasteiger partial charge in [-0.25, -0.2) is 14.4 Å². The SMILES string of the molecule is C[C@H](COc1ccc(-c2sc3ccccc3c2Cc2ccc(OCCN3CCCC3)cc2)cc1)NC(=O)OC(C)(C)C.O=C(O)C(=O)O. The molecule has 10 nitrogen and oxygen atoms in total. The van der Waals surface area contributed by atoms with E-state index in [-0.39, 0.29) is 6.04 Å². The third-order valence-electron chi connectivity index (χ3n) is 7.44. The van der Waals surface area contributed by atoms with Crippen molar-refractivity contribution in [1.29, 1.82) is 0 Å². The molecule has 1 amide bonds. The molecule has 5 rings (SSSR count). The number of likely N-dealkylation sites (tertiary alicyclic amines) is 1. The fourth-order valence-corrected chi connectivity index (χ4v) is 6.42. The van der Waals surface area contributed by atoms with Crippen molar-refractivity contribution >= 4 is 39.5 Å². The summed E-state index contributed by atoms with van der Waals surface area (Å²) in [5.41, 5.74) is 3.23. The van der Waals surface area contributed by atoms with Crippen molar-refractivity contribution < 1.29 is 38.8 Å². The number of hydrogen-bond donors (Lipinski definition) is 3. The Labute approximate surface area is 285 Å². The van der Waals surface area contributed by atoms with Gasteiger partial charge in [-0.15, -0.1) is 11.3 Å². The summed E-state index contributed by atoms with van der Waals surface area (Å²) in [5.74, 6) is -1.95. The Morgan fingerprint density at radius 3 is 2.10 bits per heavy atom. The molecule has 4 aromatic rings. The van der Waals surface area contributed by atoms with Crippen molar-refractivity contribution in [1.82, 2.24) is 10.2 Å². The highest BCUT2D eigenvalue weighted by Crippen LogP contribution is 2.40. The number of hydrogen-bond acceptors (Lipinski definition) is 8. The molecule has 3 N–H and O–H groups in total. The van der Waals surface area contributed by atoms with Gasteiger partial charge in [0.15, 0.2) is 0 Å². The van der Waals surface area contributed by atoms with Gasteiger partial charge in [0.2, 0.25) is 0 Å². The molecule has 3 aromatic carbocycles. The number of benzene rings is 3. The van der Waals surface area contributed by atoms with Crippen LogP contribution in [0, 0.1) is 0 Å². The van der Waals surface area contributed by atoms with E-state index in [9.17, 15) is 4.79 Å². The molecule has 1 aromatic heterocycles. The Morgan fingerprint density at radius 1 is 0.875 bits per heavy atom. The standard InChI is InChI=1S/C35H42N2O4S.C2H2O4/c1-25(36-34(38)41-35(2,3)4)24-40-29-17-13-27(14-18-29)33-31(30-9-5-6-10-32(30)42-33)23-26-11-15-28(16-12-26)39-22-21-37-19-7-8-20-37;3-1(4)2(5)6/h5-6,9-18,25H,7-8,19-24H2,1-4H3,(H,36,38);(H,3,4)(H,5,6)/t25-;/m1./s1. The first-order valence-electron chi connectivity index (χ1n) is 16.0. The van der Waals surface area contributed by atoms with E-state index in [1.165, 1.54) is 57.6 Å². The monoisotopic (exact) mass is 676 g/mol. The second-order valence-corrected chi connectivity index (χ2v) is 13.7. The number of carboxylic acid groups (broad SMARTS) is 2. The zero-order valence-electron chi connectivity index (χ0n) is 27.9. The average molecular weight is 677 g/mol. The first-order valence-corrected chi connectivity index (χ1v) is 16.8. The molecule has 256 valence electrons. The Bertz CT molecular complexity index is 1640. The normalized spacial score (nSPS) is 13.7. The van der Waals surface area contributed by atoms with Gasteiger partial charge in [-0.05, 0) is 125 Å². The fourth-order valence-electron chi connectivity index (χ4n) is 5.19. The summed E-state index contributed by atoms with van der Waals surface area (Å²) in [6, 6.07) is 25.2. The number of amides is 1. The Hall–Kier alpha value is -4.61. The summed E-state index contributed by atoms with van der Waals surface area (Å²) in [5, 5.41) is 18.9. The first-order chi connectivity index (χ1) is 22.9. The average Bonchev–Trinajstić information content (AvgIpc) is 3.69. The maximum atomic E-state index is 12.0. The van der Waals surface area contributed by atoms with Gasteiger partial charge in [0.1, 0.15) is 30.3 Å². The number of ether oxygens (including phenoxy) is 3. The maximum absolute atomic E-state index is 12.0. The number of thiophene rings is 1. The minimum absolute atomic E-state index is 0.185. The van der Waals surface area contributed by atoms with Gasteiger partial charge >= 0.3 is 18.0 Å². The number of nitrogens with one attached hydrogen (secondary N) is 1. The summed E-state index contributed by atoms with van der Waals surface area (Å²) < 4.78 is 18.6. The van der Waals surface area contributed by atoms with E-state index < -0.39 is 23.6 Å².